The van der Waals surface area contributed by atoms with E-state index in [1.54, 1.807) is 7.11 Å². The Hall–Kier alpha value is -0.580. The van der Waals surface area contributed by atoms with Gasteiger partial charge in [0, 0.05) is 19.2 Å². The molecular formula is C15H22BrNO2. The fourth-order valence-corrected chi connectivity index (χ4v) is 2.90. The molecule has 1 fully saturated rings. The van der Waals surface area contributed by atoms with E-state index >= 15 is 0 Å². The van der Waals surface area contributed by atoms with Gasteiger partial charge in [0.05, 0.1) is 17.7 Å². The summed E-state index contributed by atoms with van der Waals surface area (Å²) in [6.07, 6.45) is 4.04. The van der Waals surface area contributed by atoms with Crippen molar-refractivity contribution < 1.29 is 9.47 Å². The second-order valence-electron chi connectivity index (χ2n) is 5.01. The SMILES string of the molecule is COc1ccc(C(C)NCC2CCCCO2)cc1Br. The molecule has 1 aromatic rings. The van der Waals surface area contributed by atoms with Gasteiger partial charge in [-0.05, 0) is 59.8 Å². The number of halogens is 1. The third-order valence-electron chi connectivity index (χ3n) is 3.60. The maximum absolute atomic E-state index is 5.73. The summed E-state index contributed by atoms with van der Waals surface area (Å²) in [6.45, 7) is 4.01. The van der Waals surface area contributed by atoms with E-state index in [9.17, 15) is 0 Å². The lowest BCUT2D eigenvalue weighted by molar-refractivity contribution is 0.0156. The second-order valence-corrected chi connectivity index (χ2v) is 5.87. The van der Waals surface area contributed by atoms with Crippen LogP contribution in [-0.4, -0.2) is 26.4 Å². The topological polar surface area (TPSA) is 30.5 Å². The first-order chi connectivity index (χ1) is 9.20. The van der Waals surface area contributed by atoms with E-state index < -0.39 is 0 Å². The second kappa shape index (κ2) is 7.27. The zero-order valence-corrected chi connectivity index (χ0v) is 13.2. The van der Waals surface area contributed by atoms with Gasteiger partial charge in [0.25, 0.3) is 0 Å². The molecule has 0 amide bonds. The van der Waals surface area contributed by atoms with Crippen LogP contribution in [0.5, 0.6) is 5.75 Å². The normalized spacial score (nSPS) is 21.1. The van der Waals surface area contributed by atoms with Gasteiger partial charge in [-0.1, -0.05) is 6.07 Å². The summed E-state index contributed by atoms with van der Waals surface area (Å²) in [5.74, 6) is 0.867. The number of nitrogens with one attached hydrogen (secondary N) is 1. The van der Waals surface area contributed by atoms with Crippen molar-refractivity contribution in [3.8, 4) is 5.75 Å². The smallest absolute Gasteiger partial charge is 0.133 e. The maximum atomic E-state index is 5.73. The largest absolute Gasteiger partial charge is 0.496 e. The Bertz CT molecular complexity index is 405. The van der Waals surface area contributed by atoms with Crippen molar-refractivity contribution in [3.63, 3.8) is 0 Å². The third kappa shape index (κ3) is 4.20. The lowest BCUT2D eigenvalue weighted by atomic mass is 10.1. The van der Waals surface area contributed by atoms with Crippen molar-refractivity contribution >= 4 is 15.9 Å². The van der Waals surface area contributed by atoms with E-state index in [-0.39, 0.29) is 0 Å². The Labute approximate surface area is 123 Å². The van der Waals surface area contributed by atoms with E-state index in [0.717, 1.165) is 23.4 Å². The summed E-state index contributed by atoms with van der Waals surface area (Å²) in [5, 5.41) is 3.55. The highest BCUT2D eigenvalue weighted by Gasteiger charge is 2.15. The average Bonchev–Trinajstić information content (AvgIpc) is 2.45. The van der Waals surface area contributed by atoms with Gasteiger partial charge in [-0.25, -0.2) is 0 Å². The molecule has 0 aromatic heterocycles. The molecule has 1 saturated heterocycles. The van der Waals surface area contributed by atoms with Gasteiger partial charge in [-0.2, -0.15) is 0 Å². The highest BCUT2D eigenvalue weighted by atomic mass is 79.9. The van der Waals surface area contributed by atoms with Crippen LogP contribution in [0.1, 0.15) is 37.8 Å². The minimum atomic E-state index is 0.313. The summed E-state index contributed by atoms with van der Waals surface area (Å²) in [4.78, 5) is 0. The zero-order valence-electron chi connectivity index (χ0n) is 11.6. The molecule has 2 atom stereocenters. The predicted molar refractivity (Wildman–Crippen MR) is 80.7 cm³/mol. The summed E-state index contributed by atoms with van der Waals surface area (Å²) in [5.41, 5.74) is 1.25. The molecule has 1 heterocycles. The van der Waals surface area contributed by atoms with Crippen LogP contribution in [0.2, 0.25) is 0 Å². The standard InChI is InChI=1S/C15H22BrNO2/c1-11(17-10-13-5-3-4-8-19-13)12-6-7-15(18-2)14(16)9-12/h6-7,9,11,13,17H,3-5,8,10H2,1-2H3. The van der Waals surface area contributed by atoms with E-state index in [1.165, 1.54) is 24.8 Å². The van der Waals surface area contributed by atoms with Crippen LogP contribution in [-0.2, 0) is 4.74 Å². The van der Waals surface area contributed by atoms with Gasteiger partial charge in [0.1, 0.15) is 5.75 Å². The quantitative estimate of drug-likeness (QED) is 0.894. The average molecular weight is 328 g/mol. The van der Waals surface area contributed by atoms with Crippen molar-refractivity contribution in [2.75, 3.05) is 20.3 Å². The summed E-state index contributed by atoms with van der Waals surface area (Å²) in [7, 11) is 1.68. The fraction of sp³-hybridized carbons (Fsp3) is 0.600. The van der Waals surface area contributed by atoms with Gasteiger partial charge in [-0.3, -0.25) is 0 Å². The predicted octanol–water partition coefficient (Wildman–Crippen LogP) is 3.68. The van der Waals surface area contributed by atoms with Crippen LogP contribution in [0.4, 0.5) is 0 Å². The van der Waals surface area contributed by atoms with Crippen molar-refractivity contribution in [3.05, 3.63) is 28.2 Å². The number of hydrogen-bond donors (Lipinski definition) is 1. The zero-order chi connectivity index (χ0) is 13.7. The summed E-state index contributed by atoms with van der Waals surface area (Å²) < 4.78 is 12.0. The fourth-order valence-electron chi connectivity index (χ4n) is 2.35. The van der Waals surface area contributed by atoms with Crippen molar-refractivity contribution in [2.45, 2.75) is 38.3 Å². The number of methoxy groups -OCH3 is 1. The first kappa shape index (κ1) is 14.8. The molecule has 1 aliphatic heterocycles. The monoisotopic (exact) mass is 327 g/mol. The van der Waals surface area contributed by atoms with Crippen LogP contribution < -0.4 is 10.1 Å². The molecule has 2 rings (SSSR count). The summed E-state index contributed by atoms with van der Waals surface area (Å²) in [6, 6.07) is 6.52. The number of rotatable bonds is 5. The molecule has 3 nitrogen and oxygen atoms in total. The van der Waals surface area contributed by atoms with Crippen LogP contribution in [0, 0.1) is 0 Å². The molecule has 1 N–H and O–H groups in total. The van der Waals surface area contributed by atoms with E-state index in [2.05, 4.69) is 40.3 Å². The molecule has 106 valence electrons. The minimum Gasteiger partial charge on any atom is -0.496 e. The molecule has 0 aliphatic carbocycles. The van der Waals surface area contributed by atoms with Gasteiger partial charge in [-0.15, -0.1) is 0 Å². The van der Waals surface area contributed by atoms with Crippen molar-refractivity contribution in [2.24, 2.45) is 0 Å². The molecule has 1 aliphatic rings. The Morgan fingerprint density at radius 2 is 2.32 bits per heavy atom. The van der Waals surface area contributed by atoms with Gasteiger partial charge in [0.2, 0.25) is 0 Å². The molecule has 2 unspecified atom stereocenters. The first-order valence-corrected chi connectivity index (χ1v) is 7.68. The molecule has 0 spiro atoms. The van der Waals surface area contributed by atoms with Crippen LogP contribution in [0.15, 0.2) is 22.7 Å². The minimum absolute atomic E-state index is 0.313. The highest BCUT2D eigenvalue weighted by Crippen LogP contribution is 2.28. The molecule has 1 aromatic carbocycles. The Morgan fingerprint density at radius 3 is 2.95 bits per heavy atom. The molecule has 0 bridgehead atoms. The van der Waals surface area contributed by atoms with E-state index in [1.807, 2.05) is 6.07 Å². The molecule has 0 radical (unpaired) electrons. The number of ether oxygens (including phenoxy) is 2. The molecule has 4 heteroatoms. The van der Waals surface area contributed by atoms with Gasteiger partial charge in [0.15, 0.2) is 0 Å². The molecule has 19 heavy (non-hydrogen) atoms. The Kier molecular flexibility index (Phi) is 5.67. The van der Waals surface area contributed by atoms with E-state index in [0.29, 0.717) is 12.1 Å². The van der Waals surface area contributed by atoms with Crippen LogP contribution in [0.25, 0.3) is 0 Å². The van der Waals surface area contributed by atoms with Gasteiger partial charge >= 0.3 is 0 Å². The third-order valence-corrected chi connectivity index (χ3v) is 4.22. The van der Waals surface area contributed by atoms with Crippen LogP contribution in [0.3, 0.4) is 0 Å². The van der Waals surface area contributed by atoms with E-state index in [4.69, 9.17) is 9.47 Å². The first-order valence-electron chi connectivity index (χ1n) is 6.89. The van der Waals surface area contributed by atoms with Gasteiger partial charge < -0.3 is 14.8 Å². The number of hydrogen-bond acceptors (Lipinski definition) is 3. The van der Waals surface area contributed by atoms with Crippen molar-refractivity contribution in [1.82, 2.24) is 5.32 Å². The lowest BCUT2D eigenvalue weighted by Gasteiger charge is -2.25. The lowest BCUT2D eigenvalue weighted by Crippen LogP contribution is -2.33. The number of benzene rings is 1. The summed E-state index contributed by atoms with van der Waals surface area (Å²) >= 11 is 3.53. The molecular weight excluding hydrogens is 306 g/mol. The molecule has 0 saturated carbocycles. The van der Waals surface area contributed by atoms with Crippen molar-refractivity contribution in [1.29, 1.82) is 0 Å². The van der Waals surface area contributed by atoms with Crippen LogP contribution >= 0.6 is 15.9 Å². The highest BCUT2D eigenvalue weighted by molar-refractivity contribution is 9.10. The Morgan fingerprint density at radius 1 is 1.47 bits per heavy atom. The maximum Gasteiger partial charge on any atom is 0.133 e. The Balaban J connectivity index is 1.88.